The molecule has 0 amide bonds. The fraction of sp³-hybridized carbons (Fsp3) is 0.0435. The Kier molecular flexibility index (Phi) is 14.6. The minimum absolute atomic E-state index is 0.834. The van der Waals surface area contributed by atoms with Crippen molar-refractivity contribution in [1.29, 1.82) is 0 Å². The molecule has 0 N–H and O–H groups in total. The molecule has 0 bridgehead atoms. The molecule has 0 unspecified atom stereocenters. The van der Waals surface area contributed by atoms with Gasteiger partial charge in [0.25, 0.3) is 0 Å². The van der Waals surface area contributed by atoms with Crippen molar-refractivity contribution in [3.63, 3.8) is 0 Å². The van der Waals surface area contributed by atoms with Crippen molar-refractivity contribution in [2.24, 2.45) is 0 Å². The number of fused-ring (bicyclic) bond motifs is 3. The van der Waals surface area contributed by atoms with Crippen LogP contribution >= 0.6 is 11.3 Å². The quantitative estimate of drug-likeness (QED) is 0.0894. The summed E-state index contributed by atoms with van der Waals surface area (Å²) in [4.78, 5) is 6.82. The maximum atomic E-state index is 4.74. The fourth-order valence-corrected chi connectivity index (χ4v) is 10.7. The average molecular weight is 960 g/mol. The van der Waals surface area contributed by atoms with Gasteiger partial charge in [-0.05, 0) is 157 Å². The summed E-state index contributed by atoms with van der Waals surface area (Å²) in [6, 6.07) is 83.9. The minimum Gasteiger partial charge on any atom is -0.311 e. The third-order valence-electron chi connectivity index (χ3n) is 13.2. The van der Waals surface area contributed by atoms with Crippen LogP contribution in [0.1, 0.15) is 31.9 Å². The molecule has 73 heavy (non-hydrogen) atoms. The van der Waals surface area contributed by atoms with Gasteiger partial charge in [0, 0.05) is 71.4 Å². The Morgan fingerprint density at radius 1 is 0.370 bits per heavy atom. The third-order valence-corrected chi connectivity index (χ3v) is 14.4. The standard InChI is InChI=1S/C69H57N3S/c1-5-52(54-38-47-63(48-39-54)71(58-23-12-8-13-24-58)59-25-14-9-15-26-59)36-35-51(4)70(57(7-3)44-37-53(6-2)65-32-22-33-67-66-31-20-21-34-68(66)73-69(65)67)62-45-40-55(41-46-62)56-42-49-64(50-43-56)72(60-27-16-10-17-28-60)61-29-18-11-19-30-61/h5-50H,4H2,1-3H3/b36-35-,44-37-,52-5+,53-6+,57-7+. The van der Waals surface area contributed by atoms with Crippen LogP contribution in [0, 0.1) is 0 Å². The Hall–Kier alpha value is -8.96. The first-order valence-electron chi connectivity index (χ1n) is 24.9. The van der Waals surface area contributed by atoms with Gasteiger partial charge in [0.15, 0.2) is 0 Å². The maximum absolute atomic E-state index is 4.74. The average Bonchev–Trinajstić information content (AvgIpc) is 3.84. The number of benzene rings is 9. The Bertz CT molecular complexity index is 3540. The van der Waals surface area contributed by atoms with Crippen molar-refractivity contribution in [1.82, 2.24) is 0 Å². The van der Waals surface area contributed by atoms with E-state index in [1.54, 1.807) is 0 Å². The number of rotatable bonds is 16. The molecule has 9 aromatic carbocycles. The maximum Gasteiger partial charge on any atom is 0.0462 e. The molecule has 0 aliphatic carbocycles. The highest BCUT2D eigenvalue weighted by Gasteiger charge is 2.17. The highest BCUT2D eigenvalue weighted by Crippen LogP contribution is 2.40. The van der Waals surface area contributed by atoms with Crippen LogP contribution < -0.4 is 14.7 Å². The van der Waals surface area contributed by atoms with E-state index in [2.05, 4.69) is 315 Å². The number of para-hydroxylation sites is 4. The summed E-state index contributed by atoms with van der Waals surface area (Å²) in [6.45, 7) is 11.1. The molecule has 4 heteroatoms. The zero-order valence-electron chi connectivity index (χ0n) is 41.5. The molecule has 0 spiro atoms. The molecule has 0 aliphatic heterocycles. The largest absolute Gasteiger partial charge is 0.311 e. The van der Waals surface area contributed by atoms with Gasteiger partial charge in [-0.3, -0.25) is 0 Å². The van der Waals surface area contributed by atoms with E-state index in [1.165, 1.54) is 25.7 Å². The Labute approximate surface area is 434 Å². The zero-order valence-corrected chi connectivity index (χ0v) is 42.3. The van der Waals surface area contributed by atoms with Crippen LogP contribution in [0.25, 0.3) is 42.4 Å². The lowest BCUT2D eigenvalue weighted by Crippen LogP contribution is -2.19. The van der Waals surface area contributed by atoms with Gasteiger partial charge in [0.1, 0.15) is 0 Å². The summed E-state index contributed by atoms with van der Waals surface area (Å²) in [5.41, 5.74) is 16.3. The number of hydrogen-bond donors (Lipinski definition) is 0. The van der Waals surface area contributed by atoms with Gasteiger partial charge in [-0.1, -0.05) is 183 Å². The smallest absolute Gasteiger partial charge is 0.0462 e. The van der Waals surface area contributed by atoms with Crippen molar-refractivity contribution in [3.8, 4) is 11.1 Å². The van der Waals surface area contributed by atoms with E-state index in [-0.39, 0.29) is 0 Å². The van der Waals surface area contributed by atoms with Crippen LogP contribution in [-0.2, 0) is 0 Å². The van der Waals surface area contributed by atoms with Crippen LogP contribution in [0.2, 0.25) is 0 Å². The molecule has 3 nitrogen and oxygen atoms in total. The lowest BCUT2D eigenvalue weighted by atomic mass is 10.0. The summed E-state index contributed by atoms with van der Waals surface area (Å²) < 4.78 is 2.59. The van der Waals surface area contributed by atoms with E-state index in [1.807, 2.05) is 11.3 Å². The molecule has 10 rings (SSSR count). The van der Waals surface area contributed by atoms with Gasteiger partial charge in [-0.15, -0.1) is 11.3 Å². The molecule has 0 fully saturated rings. The van der Waals surface area contributed by atoms with Gasteiger partial charge in [0.05, 0.1) is 0 Å². The minimum atomic E-state index is 0.834. The number of nitrogens with zero attached hydrogens (tertiary/aromatic N) is 3. The predicted molar refractivity (Wildman–Crippen MR) is 318 cm³/mol. The molecule has 1 aromatic heterocycles. The lowest BCUT2D eigenvalue weighted by molar-refractivity contribution is 1.14. The van der Waals surface area contributed by atoms with E-state index in [9.17, 15) is 0 Å². The molecular formula is C69H57N3S. The molecule has 0 saturated carbocycles. The van der Waals surface area contributed by atoms with E-state index >= 15 is 0 Å². The summed E-state index contributed by atoms with van der Waals surface area (Å²) in [5.74, 6) is 0. The molecule has 0 aliphatic rings. The zero-order chi connectivity index (χ0) is 49.9. The SMILES string of the molecule is C=C(/C=C\C(=C/C)c1ccc(N(c2ccccc2)c2ccccc2)cc1)N(C(/C=C\C(=C/C)c1cccc2c1sc1ccccc12)=C/C)c1ccc(-c2ccc(N(c3ccccc3)c3ccccc3)cc2)cc1. The third kappa shape index (κ3) is 10.4. The molecule has 10 aromatic rings. The first-order valence-corrected chi connectivity index (χ1v) is 25.7. The monoisotopic (exact) mass is 959 g/mol. The van der Waals surface area contributed by atoms with E-state index < -0.39 is 0 Å². The van der Waals surface area contributed by atoms with E-state index in [0.29, 0.717) is 0 Å². The van der Waals surface area contributed by atoms with Gasteiger partial charge in [-0.25, -0.2) is 0 Å². The second kappa shape index (κ2) is 22.4. The number of anilines is 7. The van der Waals surface area contributed by atoms with Gasteiger partial charge in [0.2, 0.25) is 0 Å². The van der Waals surface area contributed by atoms with Crippen molar-refractivity contribution < 1.29 is 0 Å². The van der Waals surface area contributed by atoms with Crippen molar-refractivity contribution >= 4 is 82.5 Å². The summed E-state index contributed by atoms with van der Waals surface area (Å²) in [5, 5.41) is 2.58. The molecule has 1 heterocycles. The highest BCUT2D eigenvalue weighted by molar-refractivity contribution is 7.26. The predicted octanol–water partition coefficient (Wildman–Crippen LogP) is 20.2. The van der Waals surface area contributed by atoms with Crippen LogP contribution in [0.5, 0.6) is 0 Å². The number of thiophene rings is 1. The first-order chi connectivity index (χ1) is 36.0. The molecule has 0 atom stereocenters. The Morgan fingerprint density at radius 2 is 0.795 bits per heavy atom. The molecule has 0 radical (unpaired) electrons. The summed E-state index contributed by atoms with van der Waals surface area (Å²) in [6.07, 6.45) is 15.3. The summed E-state index contributed by atoms with van der Waals surface area (Å²) >= 11 is 1.86. The van der Waals surface area contributed by atoms with E-state index in [0.717, 1.165) is 79.0 Å². The molecule has 0 saturated heterocycles. The molecule has 354 valence electrons. The number of hydrogen-bond acceptors (Lipinski definition) is 4. The van der Waals surface area contributed by atoms with Gasteiger partial charge in [-0.2, -0.15) is 0 Å². The van der Waals surface area contributed by atoms with Crippen LogP contribution in [0.3, 0.4) is 0 Å². The first kappa shape index (κ1) is 47.7. The second-order valence-corrected chi connectivity index (χ2v) is 18.7. The van der Waals surface area contributed by atoms with Crippen molar-refractivity contribution in [3.05, 3.63) is 308 Å². The van der Waals surface area contributed by atoms with Crippen LogP contribution in [0.4, 0.5) is 39.8 Å². The Morgan fingerprint density at radius 3 is 1.29 bits per heavy atom. The highest BCUT2D eigenvalue weighted by atomic mass is 32.1. The van der Waals surface area contributed by atoms with Gasteiger partial charge < -0.3 is 14.7 Å². The van der Waals surface area contributed by atoms with Crippen molar-refractivity contribution in [2.45, 2.75) is 20.8 Å². The van der Waals surface area contributed by atoms with Crippen molar-refractivity contribution in [2.75, 3.05) is 14.7 Å². The normalized spacial score (nSPS) is 12.2. The number of allylic oxidation sites excluding steroid dienone is 9. The lowest BCUT2D eigenvalue weighted by Gasteiger charge is -2.27. The topological polar surface area (TPSA) is 9.72 Å². The summed E-state index contributed by atoms with van der Waals surface area (Å²) in [7, 11) is 0. The van der Waals surface area contributed by atoms with Crippen LogP contribution in [-0.4, -0.2) is 0 Å². The Balaban J connectivity index is 0.962. The van der Waals surface area contributed by atoms with E-state index in [4.69, 9.17) is 6.58 Å². The van der Waals surface area contributed by atoms with Crippen LogP contribution in [0.15, 0.2) is 297 Å². The second-order valence-electron chi connectivity index (χ2n) is 17.6. The van der Waals surface area contributed by atoms with Gasteiger partial charge >= 0.3 is 0 Å². The fourth-order valence-electron chi connectivity index (χ4n) is 9.50. The molecular weight excluding hydrogens is 903 g/mol.